The average molecular weight is 567 g/mol. The minimum atomic E-state index is -2.10. The lowest BCUT2D eigenvalue weighted by Crippen LogP contribution is -2.31. The maximum Gasteiger partial charge on any atom is 0.333 e. The number of imide groups is 1. The summed E-state index contributed by atoms with van der Waals surface area (Å²) in [4.78, 5) is 52.0. The molecule has 2 unspecified atom stereocenters. The molecular weight excluding hydrogens is 524 g/mol. The number of nitrogens with zero attached hydrogens (tertiary/aromatic N) is 1. The summed E-state index contributed by atoms with van der Waals surface area (Å²) in [6.45, 7) is 7.12. The van der Waals surface area contributed by atoms with Crippen molar-refractivity contribution in [3.63, 3.8) is 0 Å². The van der Waals surface area contributed by atoms with E-state index in [9.17, 15) is 27.9 Å². The Morgan fingerprint density at radius 3 is 2.26 bits per heavy atom. The Balaban J connectivity index is 1.90. The summed E-state index contributed by atoms with van der Waals surface area (Å²) < 4.78 is 26.5. The normalized spacial score (nSPS) is 15.6. The van der Waals surface area contributed by atoms with Crippen molar-refractivity contribution in [1.29, 1.82) is 0 Å². The number of hydroxylamine groups is 2. The van der Waals surface area contributed by atoms with Crippen molar-refractivity contribution in [2.45, 2.75) is 108 Å². The Morgan fingerprint density at radius 1 is 1.00 bits per heavy atom. The van der Waals surface area contributed by atoms with Gasteiger partial charge >= 0.3 is 11.9 Å². The molecule has 1 fully saturated rings. The molecule has 1 aliphatic heterocycles. The Hall–Kier alpha value is -2.79. The van der Waals surface area contributed by atoms with Gasteiger partial charge in [-0.2, -0.15) is 0 Å². The van der Waals surface area contributed by atoms with Gasteiger partial charge in [0.2, 0.25) is 0 Å². The molecule has 0 bridgehead atoms. The van der Waals surface area contributed by atoms with Gasteiger partial charge in [0.15, 0.2) is 11.1 Å². The SMILES string of the molecule is CCOC(=O)CCCCCNc1ccc(S(=O)O)cc1C(C)(CC)CCCCCC(=O)ON1C(=O)CCC1=O. The molecule has 1 aromatic rings. The highest BCUT2D eigenvalue weighted by Crippen LogP contribution is 2.39. The monoisotopic (exact) mass is 566 g/mol. The molecule has 2 atom stereocenters. The van der Waals surface area contributed by atoms with Gasteiger partial charge in [-0.1, -0.05) is 33.1 Å². The summed E-state index contributed by atoms with van der Waals surface area (Å²) >= 11 is -2.10. The van der Waals surface area contributed by atoms with E-state index in [2.05, 4.69) is 19.2 Å². The molecule has 11 heteroatoms. The van der Waals surface area contributed by atoms with E-state index in [0.717, 1.165) is 56.2 Å². The molecule has 1 aliphatic rings. The first-order chi connectivity index (χ1) is 18.6. The van der Waals surface area contributed by atoms with Crippen LogP contribution in [-0.2, 0) is 45.2 Å². The largest absolute Gasteiger partial charge is 0.466 e. The molecule has 1 aromatic carbocycles. The molecule has 2 rings (SSSR count). The zero-order chi connectivity index (χ0) is 28.8. The van der Waals surface area contributed by atoms with Crippen molar-refractivity contribution in [3.8, 4) is 0 Å². The number of ether oxygens (including phenoxy) is 1. The number of nitrogens with one attached hydrogen (secondary N) is 1. The fourth-order valence-electron chi connectivity index (χ4n) is 4.58. The van der Waals surface area contributed by atoms with Crippen LogP contribution in [0.1, 0.15) is 103 Å². The predicted octanol–water partition coefficient (Wildman–Crippen LogP) is 5.03. The van der Waals surface area contributed by atoms with E-state index >= 15 is 0 Å². The quantitative estimate of drug-likeness (QED) is 0.108. The Labute approximate surface area is 233 Å². The lowest BCUT2D eigenvalue weighted by atomic mass is 9.75. The van der Waals surface area contributed by atoms with Gasteiger partial charge in [0, 0.05) is 37.9 Å². The van der Waals surface area contributed by atoms with E-state index in [4.69, 9.17) is 9.57 Å². The number of benzene rings is 1. The topological polar surface area (TPSA) is 139 Å². The molecule has 0 radical (unpaired) electrons. The second-order valence-corrected chi connectivity index (χ2v) is 11.0. The number of carbonyl (C=O) groups excluding carboxylic acids is 4. The molecule has 0 aromatic heterocycles. The van der Waals surface area contributed by atoms with Crippen LogP contribution in [0, 0.1) is 0 Å². The fraction of sp³-hybridized carbons (Fsp3) is 0.643. The van der Waals surface area contributed by atoms with Crippen LogP contribution >= 0.6 is 0 Å². The van der Waals surface area contributed by atoms with Crippen molar-refractivity contribution in [2.24, 2.45) is 0 Å². The first-order valence-corrected chi connectivity index (χ1v) is 14.9. The van der Waals surface area contributed by atoms with Crippen molar-refractivity contribution >= 4 is 40.5 Å². The molecular formula is C28H42N2O8S. The molecule has 0 saturated carbocycles. The Bertz CT molecular complexity index is 1010. The van der Waals surface area contributed by atoms with Gasteiger partial charge < -0.3 is 19.4 Å². The molecule has 39 heavy (non-hydrogen) atoms. The maximum atomic E-state index is 12.1. The molecule has 2 N–H and O–H groups in total. The van der Waals surface area contributed by atoms with Gasteiger partial charge in [0.25, 0.3) is 11.8 Å². The van der Waals surface area contributed by atoms with Crippen molar-refractivity contribution in [3.05, 3.63) is 23.8 Å². The predicted molar refractivity (Wildman–Crippen MR) is 147 cm³/mol. The van der Waals surface area contributed by atoms with Gasteiger partial charge in [-0.25, -0.2) is 9.00 Å². The van der Waals surface area contributed by atoms with Crippen molar-refractivity contribution < 1.29 is 37.5 Å². The van der Waals surface area contributed by atoms with Crippen LogP contribution in [0.2, 0.25) is 0 Å². The highest BCUT2D eigenvalue weighted by molar-refractivity contribution is 7.79. The molecule has 218 valence electrons. The summed E-state index contributed by atoms with van der Waals surface area (Å²) in [6.07, 6.45) is 6.93. The van der Waals surface area contributed by atoms with Gasteiger partial charge in [0.05, 0.1) is 11.5 Å². The number of unbranched alkanes of at least 4 members (excludes halogenated alkanes) is 4. The molecule has 1 saturated heterocycles. The molecule has 0 aliphatic carbocycles. The lowest BCUT2D eigenvalue weighted by molar-refractivity contribution is -0.197. The minimum absolute atomic E-state index is 0.0686. The van der Waals surface area contributed by atoms with E-state index in [-0.39, 0.29) is 30.6 Å². The number of anilines is 1. The van der Waals surface area contributed by atoms with Crippen LogP contribution in [0.25, 0.3) is 0 Å². The summed E-state index contributed by atoms with van der Waals surface area (Å²) in [5, 5.41) is 4.05. The van der Waals surface area contributed by atoms with Crippen LogP contribution in [0.4, 0.5) is 5.69 Å². The van der Waals surface area contributed by atoms with E-state index in [0.29, 0.717) is 36.0 Å². The van der Waals surface area contributed by atoms with E-state index in [1.165, 1.54) is 0 Å². The molecule has 10 nitrogen and oxygen atoms in total. The number of esters is 1. The number of rotatable bonds is 18. The van der Waals surface area contributed by atoms with Crippen LogP contribution in [0.3, 0.4) is 0 Å². The zero-order valence-electron chi connectivity index (χ0n) is 23.3. The van der Waals surface area contributed by atoms with Crippen LogP contribution in [-0.4, -0.2) is 50.7 Å². The standard InChI is InChI=1S/C28H42N2O8S/c1-4-28(3,18-10-6-8-13-27(34)38-30-24(31)16-17-25(30)32)22-20-21(39(35)36)14-15-23(22)29-19-11-7-9-12-26(33)37-5-2/h14-15,20,29H,4-13,16-19H2,1-3H3,(H,35,36). The van der Waals surface area contributed by atoms with Gasteiger partial charge in [-0.15, -0.1) is 5.06 Å². The van der Waals surface area contributed by atoms with Crippen molar-refractivity contribution in [1.82, 2.24) is 5.06 Å². The first-order valence-electron chi connectivity index (χ1n) is 13.8. The zero-order valence-corrected chi connectivity index (χ0v) is 24.1. The second kappa shape index (κ2) is 16.3. The molecule has 2 amide bonds. The highest BCUT2D eigenvalue weighted by atomic mass is 32.2. The maximum absolute atomic E-state index is 12.1. The minimum Gasteiger partial charge on any atom is -0.466 e. The van der Waals surface area contributed by atoms with Gasteiger partial charge in [-0.05, 0) is 68.2 Å². The summed E-state index contributed by atoms with van der Waals surface area (Å²) in [6, 6.07) is 5.30. The third kappa shape index (κ3) is 10.4. The Kier molecular flexibility index (Phi) is 13.6. The van der Waals surface area contributed by atoms with E-state index in [1.54, 1.807) is 19.1 Å². The lowest BCUT2D eigenvalue weighted by Gasteiger charge is -2.32. The Morgan fingerprint density at radius 2 is 1.64 bits per heavy atom. The summed E-state index contributed by atoms with van der Waals surface area (Å²) in [5.41, 5.74) is 1.63. The van der Waals surface area contributed by atoms with Crippen LogP contribution in [0.15, 0.2) is 23.1 Å². The smallest absolute Gasteiger partial charge is 0.333 e. The molecule has 0 spiro atoms. The summed E-state index contributed by atoms with van der Waals surface area (Å²) in [7, 11) is 0. The van der Waals surface area contributed by atoms with Crippen LogP contribution < -0.4 is 5.32 Å². The summed E-state index contributed by atoms with van der Waals surface area (Å²) in [5.74, 6) is -1.74. The second-order valence-electron chi connectivity index (χ2n) is 10.0. The van der Waals surface area contributed by atoms with E-state index < -0.39 is 28.9 Å². The average Bonchev–Trinajstić information content (AvgIpc) is 3.22. The number of hydrogen-bond donors (Lipinski definition) is 2. The fourth-order valence-corrected chi connectivity index (χ4v) is 4.98. The van der Waals surface area contributed by atoms with Crippen LogP contribution in [0.5, 0.6) is 0 Å². The highest BCUT2D eigenvalue weighted by Gasteiger charge is 2.33. The third-order valence-corrected chi connectivity index (χ3v) is 7.77. The van der Waals surface area contributed by atoms with Crippen molar-refractivity contribution in [2.75, 3.05) is 18.5 Å². The first kappa shape index (κ1) is 32.4. The number of carbonyl (C=O) groups is 4. The molecule has 1 heterocycles. The van der Waals surface area contributed by atoms with Gasteiger partial charge in [0.1, 0.15) is 0 Å². The third-order valence-electron chi connectivity index (χ3n) is 7.11. The number of amides is 2. The van der Waals surface area contributed by atoms with Gasteiger partial charge in [-0.3, -0.25) is 14.4 Å². The number of hydrogen-bond acceptors (Lipinski definition) is 8. The van der Waals surface area contributed by atoms with E-state index in [1.807, 2.05) is 6.07 Å².